The average molecular weight is 246 g/mol. The van der Waals surface area contributed by atoms with Gasteiger partial charge in [0.25, 0.3) is 0 Å². The first-order valence-corrected chi connectivity index (χ1v) is 6.21. The molecule has 0 aliphatic heterocycles. The van der Waals surface area contributed by atoms with Crippen molar-refractivity contribution in [2.24, 2.45) is 0 Å². The molecule has 0 aliphatic carbocycles. The fourth-order valence-electron chi connectivity index (χ4n) is 2.14. The van der Waals surface area contributed by atoms with Gasteiger partial charge in [0.1, 0.15) is 6.07 Å². The molecule has 0 bridgehead atoms. The summed E-state index contributed by atoms with van der Waals surface area (Å²) in [4.78, 5) is 0. The van der Waals surface area contributed by atoms with Crippen molar-refractivity contribution in [2.45, 2.75) is 19.8 Å². The van der Waals surface area contributed by atoms with Gasteiger partial charge in [0.2, 0.25) is 0 Å². The Labute approximate surface area is 113 Å². The van der Waals surface area contributed by atoms with Crippen molar-refractivity contribution < 1.29 is 0 Å². The SMILES string of the molecule is CC(C)c1cccc(-c2ccc(C#N)cc2)c1C#N. The highest BCUT2D eigenvalue weighted by molar-refractivity contribution is 5.72. The molecule has 2 aromatic carbocycles. The normalized spacial score (nSPS) is 9.95. The van der Waals surface area contributed by atoms with Gasteiger partial charge in [-0.25, -0.2) is 0 Å². The maximum absolute atomic E-state index is 9.41. The lowest BCUT2D eigenvalue weighted by Crippen LogP contribution is -1.95. The van der Waals surface area contributed by atoms with Crippen molar-refractivity contribution in [1.82, 2.24) is 0 Å². The summed E-state index contributed by atoms with van der Waals surface area (Å²) in [6.07, 6.45) is 0. The number of nitrogens with zero attached hydrogens (tertiary/aromatic N) is 2. The zero-order valence-electron chi connectivity index (χ0n) is 11.0. The topological polar surface area (TPSA) is 47.6 Å². The van der Waals surface area contributed by atoms with Crippen LogP contribution in [0.3, 0.4) is 0 Å². The maximum Gasteiger partial charge on any atom is 0.100 e. The summed E-state index contributed by atoms with van der Waals surface area (Å²) >= 11 is 0. The van der Waals surface area contributed by atoms with Crippen LogP contribution in [0.5, 0.6) is 0 Å². The Morgan fingerprint density at radius 1 is 0.895 bits per heavy atom. The van der Waals surface area contributed by atoms with Crippen molar-refractivity contribution in [3.63, 3.8) is 0 Å². The molecule has 0 amide bonds. The Kier molecular flexibility index (Phi) is 3.64. The van der Waals surface area contributed by atoms with Crippen LogP contribution in [-0.2, 0) is 0 Å². The average Bonchev–Trinajstić information content (AvgIpc) is 2.46. The van der Waals surface area contributed by atoms with E-state index in [-0.39, 0.29) is 0 Å². The zero-order chi connectivity index (χ0) is 13.8. The Hall–Kier alpha value is -2.58. The van der Waals surface area contributed by atoms with Gasteiger partial charge in [0.15, 0.2) is 0 Å². The fourth-order valence-corrected chi connectivity index (χ4v) is 2.14. The van der Waals surface area contributed by atoms with Crippen molar-refractivity contribution >= 4 is 0 Å². The summed E-state index contributed by atoms with van der Waals surface area (Å²) in [7, 11) is 0. The van der Waals surface area contributed by atoms with Crippen molar-refractivity contribution in [3.05, 3.63) is 59.2 Å². The van der Waals surface area contributed by atoms with Gasteiger partial charge in [-0.1, -0.05) is 44.2 Å². The van der Waals surface area contributed by atoms with Gasteiger partial charge in [-0.2, -0.15) is 10.5 Å². The van der Waals surface area contributed by atoms with Gasteiger partial charge in [-0.05, 0) is 34.7 Å². The second-order valence-corrected chi connectivity index (χ2v) is 4.73. The highest BCUT2D eigenvalue weighted by Gasteiger charge is 2.12. The number of benzene rings is 2. The summed E-state index contributed by atoms with van der Waals surface area (Å²) in [6, 6.07) is 17.7. The molecule has 0 heterocycles. The van der Waals surface area contributed by atoms with E-state index in [4.69, 9.17) is 5.26 Å². The summed E-state index contributed by atoms with van der Waals surface area (Å²) in [5, 5.41) is 18.2. The molecule has 0 N–H and O–H groups in total. The minimum Gasteiger partial charge on any atom is -0.192 e. The summed E-state index contributed by atoms with van der Waals surface area (Å²) in [5.74, 6) is 0.313. The molecule has 92 valence electrons. The Balaban J connectivity index is 2.59. The van der Waals surface area contributed by atoms with Crippen LogP contribution in [0.15, 0.2) is 42.5 Å². The fraction of sp³-hybridized carbons (Fsp3) is 0.176. The second-order valence-electron chi connectivity index (χ2n) is 4.73. The lowest BCUT2D eigenvalue weighted by molar-refractivity contribution is 0.863. The van der Waals surface area contributed by atoms with Crippen LogP contribution in [0.25, 0.3) is 11.1 Å². The molecule has 0 saturated heterocycles. The van der Waals surface area contributed by atoms with E-state index in [0.29, 0.717) is 11.5 Å². The van der Waals surface area contributed by atoms with Crippen LogP contribution in [0.4, 0.5) is 0 Å². The monoisotopic (exact) mass is 246 g/mol. The molecular weight excluding hydrogens is 232 g/mol. The standard InChI is InChI=1S/C17H14N2/c1-12(2)15-4-3-5-16(17(15)11-19)14-8-6-13(10-18)7-9-14/h3-9,12H,1-2H3. The van der Waals surface area contributed by atoms with Crippen molar-refractivity contribution in [3.8, 4) is 23.3 Å². The predicted octanol–water partition coefficient (Wildman–Crippen LogP) is 4.22. The second kappa shape index (κ2) is 5.38. The van der Waals surface area contributed by atoms with Crippen LogP contribution in [0.2, 0.25) is 0 Å². The molecule has 0 radical (unpaired) electrons. The highest BCUT2D eigenvalue weighted by Crippen LogP contribution is 2.29. The first-order chi connectivity index (χ1) is 9.17. The molecule has 0 saturated carbocycles. The highest BCUT2D eigenvalue weighted by atomic mass is 14.3. The maximum atomic E-state index is 9.41. The molecule has 0 spiro atoms. The van der Waals surface area contributed by atoms with E-state index in [1.165, 1.54) is 0 Å². The molecular formula is C17H14N2. The smallest absolute Gasteiger partial charge is 0.100 e. The third kappa shape index (κ3) is 2.49. The molecule has 0 aromatic heterocycles. The molecule has 19 heavy (non-hydrogen) atoms. The summed E-state index contributed by atoms with van der Waals surface area (Å²) < 4.78 is 0. The number of nitriles is 2. The van der Waals surface area contributed by atoms with Crippen LogP contribution >= 0.6 is 0 Å². The van der Waals surface area contributed by atoms with E-state index in [9.17, 15) is 5.26 Å². The van der Waals surface area contributed by atoms with E-state index in [1.54, 1.807) is 12.1 Å². The molecule has 2 nitrogen and oxygen atoms in total. The van der Waals surface area contributed by atoms with Gasteiger partial charge < -0.3 is 0 Å². The third-order valence-electron chi connectivity index (χ3n) is 3.16. The largest absolute Gasteiger partial charge is 0.192 e. The van der Waals surface area contributed by atoms with Crippen molar-refractivity contribution in [2.75, 3.05) is 0 Å². The quantitative estimate of drug-likeness (QED) is 0.796. The first-order valence-electron chi connectivity index (χ1n) is 6.21. The van der Waals surface area contributed by atoms with Gasteiger partial charge in [0.05, 0.1) is 17.2 Å². The van der Waals surface area contributed by atoms with Crippen LogP contribution < -0.4 is 0 Å². The molecule has 0 aliphatic rings. The van der Waals surface area contributed by atoms with Crippen molar-refractivity contribution in [1.29, 1.82) is 10.5 Å². The molecule has 2 rings (SSSR count). The van der Waals surface area contributed by atoms with Crippen LogP contribution in [0.1, 0.15) is 36.5 Å². The van der Waals surface area contributed by atoms with Crippen LogP contribution in [0, 0.1) is 22.7 Å². The summed E-state index contributed by atoms with van der Waals surface area (Å²) in [5.41, 5.74) is 4.31. The zero-order valence-corrected chi connectivity index (χ0v) is 11.0. The molecule has 2 aromatic rings. The Morgan fingerprint density at radius 3 is 2.11 bits per heavy atom. The number of hydrogen-bond acceptors (Lipinski definition) is 2. The van der Waals surface area contributed by atoms with E-state index >= 15 is 0 Å². The van der Waals surface area contributed by atoms with Gasteiger partial charge >= 0.3 is 0 Å². The van der Waals surface area contributed by atoms with Gasteiger partial charge in [-0.15, -0.1) is 0 Å². The van der Waals surface area contributed by atoms with Gasteiger partial charge in [-0.3, -0.25) is 0 Å². The number of hydrogen-bond donors (Lipinski definition) is 0. The van der Waals surface area contributed by atoms with E-state index in [1.807, 2.05) is 30.3 Å². The van der Waals surface area contributed by atoms with E-state index < -0.39 is 0 Å². The molecule has 0 unspecified atom stereocenters. The van der Waals surface area contributed by atoms with Gasteiger partial charge in [0, 0.05) is 0 Å². The molecule has 2 heteroatoms. The first kappa shape index (κ1) is 12.9. The Morgan fingerprint density at radius 2 is 1.58 bits per heavy atom. The van der Waals surface area contributed by atoms with Crippen LogP contribution in [-0.4, -0.2) is 0 Å². The lowest BCUT2D eigenvalue weighted by Gasteiger charge is -2.12. The molecule has 0 fully saturated rings. The lowest BCUT2D eigenvalue weighted by atomic mass is 9.91. The Bertz CT molecular complexity index is 668. The minimum absolute atomic E-state index is 0.313. The number of rotatable bonds is 2. The predicted molar refractivity (Wildman–Crippen MR) is 75.4 cm³/mol. The third-order valence-corrected chi connectivity index (χ3v) is 3.16. The molecule has 0 atom stereocenters. The van der Waals surface area contributed by atoms with E-state index in [0.717, 1.165) is 22.3 Å². The van der Waals surface area contributed by atoms with E-state index in [2.05, 4.69) is 26.0 Å². The summed E-state index contributed by atoms with van der Waals surface area (Å²) in [6.45, 7) is 4.16. The minimum atomic E-state index is 0.313.